The molecule has 0 atom stereocenters. The largest absolute Gasteiger partial charge is 0.465 e. The molecular formula is C25H46O6S. The predicted molar refractivity (Wildman–Crippen MR) is 132 cm³/mol. The summed E-state index contributed by atoms with van der Waals surface area (Å²) < 4.78 is 10.4. The fraction of sp³-hybridized carbons (Fsp3) is 0.840. The van der Waals surface area contributed by atoms with Gasteiger partial charge in [-0.1, -0.05) is 71.3 Å². The normalized spacial score (nSPS) is 11.4. The Labute approximate surface area is 200 Å². The van der Waals surface area contributed by atoms with Gasteiger partial charge in [-0.2, -0.15) is 11.8 Å². The Morgan fingerprint density at radius 2 is 1.34 bits per heavy atom. The topological polar surface area (TPSA) is 71.1 Å². The van der Waals surface area contributed by atoms with Crippen molar-refractivity contribution in [2.75, 3.05) is 37.9 Å². The highest BCUT2D eigenvalue weighted by Gasteiger charge is 2.29. The first-order valence-electron chi connectivity index (χ1n) is 12.1. The van der Waals surface area contributed by atoms with Gasteiger partial charge >= 0.3 is 11.9 Å². The van der Waals surface area contributed by atoms with Crippen LogP contribution in [-0.4, -0.2) is 49.9 Å². The number of rotatable bonds is 22. The number of esters is 2. The van der Waals surface area contributed by atoms with Crippen molar-refractivity contribution in [3.63, 3.8) is 0 Å². The van der Waals surface area contributed by atoms with Crippen LogP contribution >= 0.6 is 11.8 Å². The summed E-state index contributed by atoms with van der Waals surface area (Å²) in [7, 11) is 0. The van der Waals surface area contributed by atoms with Crippen LogP contribution in [0, 0.1) is 5.41 Å². The monoisotopic (exact) mass is 474 g/mol. The zero-order valence-corrected chi connectivity index (χ0v) is 21.7. The highest BCUT2D eigenvalue weighted by molar-refractivity contribution is 7.99. The number of ether oxygens (including phenoxy) is 2. The summed E-state index contributed by atoms with van der Waals surface area (Å²) in [5.41, 5.74) is -0.173. The molecule has 0 rings (SSSR count). The lowest BCUT2D eigenvalue weighted by Crippen LogP contribution is -2.29. The van der Waals surface area contributed by atoms with Crippen molar-refractivity contribution in [2.45, 2.75) is 91.9 Å². The summed E-state index contributed by atoms with van der Waals surface area (Å²) in [5, 5.41) is 0. The number of carbonyl (C=O) groups excluding carboxylic acids is 2. The maximum atomic E-state index is 12.3. The minimum atomic E-state index is -0.527. The van der Waals surface area contributed by atoms with Crippen molar-refractivity contribution in [3.8, 4) is 0 Å². The zero-order valence-electron chi connectivity index (χ0n) is 20.9. The molecule has 0 aromatic carbocycles. The van der Waals surface area contributed by atoms with Crippen molar-refractivity contribution >= 4 is 23.7 Å². The molecule has 0 heterocycles. The van der Waals surface area contributed by atoms with Gasteiger partial charge in [0.05, 0.1) is 18.6 Å². The molecule has 0 saturated heterocycles. The second-order valence-corrected chi connectivity index (χ2v) is 9.92. The SMILES string of the molecule is C=C(C)C(=O)OCCOOCCSCC(C)(C)C(=O)OCCCCCCCCCCCC. The van der Waals surface area contributed by atoms with Gasteiger partial charge in [0, 0.05) is 17.1 Å². The van der Waals surface area contributed by atoms with E-state index in [2.05, 4.69) is 13.5 Å². The molecule has 0 N–H and O–H groups in total. The Bertz CT molecular complexity index is 507. The fourth-order valence-electron chi connectivity index (χ4n) is 2.84. The Hall–Kier alpha value is -1.05. The third-order valence-corrected chi connectivity index (χ3v) is 6.27. The summed E-state index contributed by atoms with van der Waals surface area (Å²) in [6, 6.07) is 0. The zero-order chi connectivity index (χ0) is 24.1. The van der Waals surface area contributed by atoms with E-state index in [0.717, 1.165) is 12.8 Å². The van der Waals surface area contributed by atoms with Crippen LogP contribution in [0.2, 0.25) is 0 Å². The molecule has 7 heteroatoms. The van der Waals surface area contributed by atoms with Crippen molar-refractivity contribution < 1.29 is 28.8 Å². The highest BCUT2D eigenvalue weighted by Crippen LogP contribution is 2.23. The van der Waals surface area contributed by atoms with Crippen molar-refractivity contribution in [3.05, 3.63) is 12.2 Å². The van der Waals surface area contributed by atoms with Crippen LogP contribution in [0.4, 0.5) is 0 Å². The van der Waals surface area contributed by atoms with E-state index in [0.29, 0.717) is 30.3 Å². The fourth-order valence-corrected chi connectivity index (χ4v) is 3.80. The van der Waals surface area contributed by atoms with Gasteiger partial charge < -0.3 is 9.47 Å². The van der Waals surface area contributed by atoms with Crippen LogP contribution in [0.1, 0.15) is 91.9 Å². The Morgan fingerprint density at radius 3 is 1.94 bits per heavy atom. The van der Waals surface area contributed by atoms with E-state index >= 15 is 0 Å². The van der Waals surface area contributed by atoms with Crippen LogP contribution < -0.4 is 0 Å². The summed E-state index contributed by atoms with van der Waals surface area (Å²) in [6.45, 7) is 12.3. The first-order valence-corrected chi connectivity index (χ1v) is 13.3. The second kappa shape index (κ2) is 20.5. The quantitative estimate of drug-likeness (QED) is 0.0601. The molecule has 0 radical (unpaired) electrons. The highest BCUT2D eigenvalue weighted by atomic mass is 32.2. The van der Waals surface area contributed by atoms with Gasteiger partial charge in [0.25, 0.3) is 0 Å². The molecule has 0 aromatic rings. The molecule has 188 valence electrons. The van der Waals surface area contributed by atoms with Crippen LogP contribution in [-0.2, 0) is 28.8 Å². The smallest absolute Gasteiger partial charge is 0.333 e. The van der Waals surface area contributed by atoms with Crippen molar-refractivity contribution in [2.24, 2.45) is 5.41 Å². The summed E-state index contributed by atoms with van der Waals surface area (Å²) in [6.07, 6.45) is 12.7. The Morgan fingerprint density at radius 1 is 0.781 bits per heavy atom. The molecule has 0 saturated carbocycles. The van der Waals surface area contributed by atoms with E-state index in [1.165, 1.54) is 51.4 Å². The molecular weight excluding hydrogens is 428 g/mol. The second-order valence-electron chi connectivity index (χ2n) is 8.81. The minimum absolute atomic E-state index is 0.122. The molecule has 0 aliphatic rings. The van der Waals surface area contributed by atoms with Gasteiger partial charge in [-0.3, -0.25) is 4.79 Å². The first kappa shape index (κ1) is 30.9. The maximum absolute atomic E-state index is 12.3. The standard InChI is InChI=1S/C25H46O6S/c1-6-7-8-9-10-11-12-13-14-15-16-29-24(27)25(4,5)21-32-20-19-31-30-18-17-28-23(26)22(2)3/h2,6-21H2,1,3-5H3. The van der Waals surface area contributed by atoms with E-state index in [1.807, 2.05) is 13.8 Å². The van der Waals surface area contributed by atoms with Crippen LogP contribution in [0.15, 0.2) is 12.2 Å². The predicted octanol–water partition coefficient (Wildman–Crippen LogP) is 6.28. The molecule has 0 bridgehead atoms. The van der Waals surface area contributed by atoms with Gasteiger partial charge in [-0.05, 0) is 27.2 Å². The molecule has 0 aromatic heterocycles. The van der Waals surface area contributed by atoms with Gasteiger partial charge in [0.15, 0.2) is 0 Å². The van der Waals surface area contributed by atoms with E-state index < -0.39 is 11.4 Å². The minimum Gasteiger partial charge on any atom is -0.465 e. The van der Waals surface area contributed by atoms with E-state index in [4.69, 9.17) is 19.2 Å². The number of thioether (sulfide) groups is 1. The lowest BCUT2D eigenvalue weighted by Gasteiger charge is -2.22. The molecule has 0 aliphatic carbocycles. The van der Waals surface area contributed by atoms with Crippen LogP contribution in [0.25, 0.3) is 0 Å². The van der Waals surface area contributed by atoms with Crippen LogP contribution in [0.3, 0.4) is 0 Å². The lowest BCUT2D eigenvalue weighted by atomic mass is 9.97. The molecule has 0 unspecified atom stereocenters. The number of hydrogen-bond donors (Lipinski definition) is 0. The molecule has 0 fully saturated rings. The van der Waals surface area contributed by atoms with Gasteiger partial charge in [0.2, 0.25) is 0 Å². The summed E-state index contributed by atoms with van der Waals surface area (Å²) in [5.74, 6) is 0.772. The molecule has 6 nitrogen and oxygen atoms in total. The van der Waals surface area contributed by atoms with Gasteiger partial charge in [-0.15, -0.1) is 0 Å². The third kappa shape index (κ3) is 18.5. The van der Waals surface area contributed by atoms with E-state index in [1.54, 1.807) is 18.7 Å². The summed E-state index contributed by atoms with van der Waals surface area (Å²) >= 11 is 1.62. The average molecular weight is 475 g/mol. The van der Waals surface area contributed by atoms with Crippen molar-refractivity contribution in [1.82, 2.24) is 0 Å². The molecule has 0 amide bonds. The Balaban J connectivity index is 3.56. The van der Waals surface area contributed by atoms with E-state index in [9.17, 15) is 9.59 Å². The number of hydrogen-bond acceptors (Lipinski definition) is 7. The third-order valence-electron chi connectivity index (χ3n) is 4.89. The lowest BCUT2D eigenvalue weighted by molar-refractivity contribution is -0.294. The molecule has 0 spiro atoms. The number of carbonyl (C=O) groups is 2. The van der Waals surface area contributed by atoms with Gasteiger partial charge in [-0.25, -0.2) is 14.6 Å². The van der Waals surface area contributed by atoms with Gasteiger partial charge in [0.1, 0.15) is 13.2 Å². The van der Waals surface area contributed by atoms with E-state index in [-0.39, 0.29) is 19.2 Å². The first-order chi connectivity index (χ1) is 15.3. The average Bonchev–Trinajstić information content (AvgIpc) is 2.75. The maximum Gasteiger partial charge on any atom is 0.333 e. The molecule has 0 aliphatic heterocycles. The van der Waals surface area contributed by atoms with Crippen molar-refractivity contribution in [1.29, 1.82) is 0 Å². The number of unbranched alkanes of at least 4 members (excludes halogenated alkanes) is 9. The molecule has 32 heavy (non-hydrogen) atoms. The Kier molecular flexibility index (Phi) is 19.9. The summed E-state index contributed by atoms with van der Waals surface area (Å²) in [4.78, 5) is 33.5. The van der Waals surface area contributed by atoms with Crippen LogP contribution in [0.5, 0.6) is 0 Å².